The maximum Gasteiger partial charge on any atom is 0.251 e. The molecule has 2 N–H and O–H groups in total. The predicted octanol–water partition coefficient (Wildman–Crippen LogP) is 3.87. The molecule has 0 aliphatic rings. The molecule has 0 aliphatic heterocycles. The number of carbonyl (C=O) groups is 2. The predicted molar refractivity (Wildman–Crippen MR) is 119 cm³/mol. The first-order chi connectivity index (χ1) is 14.4. The summed E-state index contributed by atoms with van der Waals surface area (Å²) in [4.78, 5) is 24.1. The zero-order valence-electron chi connectivity index (χ0n) is 17.7. The number of nitrogens with one attached hydrogen (secondary N) is 2. The molecule has 3 aromatic rings. The van der Waals surface area contributed by atoms with Crippen LogP contribution in [0, 0.1) is 20.8 Å². The van der Waals surface area contributed by atoms with Crippen LogP contribution < -0.4 is 10.6 Å². The van der Waals surface area contributed by atoms with E-state index in [1.807, 2.05) is 18.5 Å². The first-order valence-corrected chi connectivity index (χ1v) is 9.78. The van der Waals surface area contributed by atoms with Crippen LogP contribution in [0.1, 0.15) is 38.4 Å². The highest BCUT2D eigenvalue weighted by Crippen LogP contribution is 2.17. The van der Waals surface area contributed by atoms with E-state index >= 15 is 0 Å². The summed E-state index contributed by atoms with van der Waals surface area (Å²) in [5, 5.41) is 9.98. The van der Waals surface area contributed by atoms with Gasteiger partial charge >= 0.3 is 0 Å². The summed E-state index contributed by atoms with van der Waals surface area (Å²) >= 11 is 0. The molecule has 154 valence electrons. The van der Waals surface area contributed by atoms with Crippen molar-refractivity contribution in [3.8, 4) is 0 Å². The maximum atomic E-state index is 12.4. The van der Waals surface area contributed by atoms with E-state index in [-0.39, 0.29) is 11.8 Å². The van der Waals surface area contributed by atoms with E-state index in [9.17, 15) is 9.59 Å². The Morgan fingerprint density at radius 1 is 1.07 bits per heavy atom. The Morgan fingerprint density at radius 2 is 1.80 bits per heavy atom. The summed E-state index contributed by atoms with van der Waals surface area (Å²) in [6.07, 6.45) is 3.26. The van der Waals surface area contributed by atoms with Crippen molar-refractivity contribution < 1.29 is 9.59 Å². The molecule has 0 radical (unpaired) electrons. The van der Waals surface area contributed by atoms with Gasteiger partial charge in [-0.15, -0.1) is 0 Å². The molecule has 0 fully saturated rings. The number of aromatic nitrogens is 2. The number of amides is 2. The molecule has 6 nitrogen and oxygen atoms in total. The smallest absolute Gasteiger partial charge is 0.251 e. The van der Waals surface area contributed by atoms with Gasteiger partial charge in [-0.2, -0.15) is 5.10 Å². The van der Waals surface area contributed by atoms with Gasteiger partial charge in [0.25, 0.3) is 5.91 Å². The molecular formula is C24H26N4O2. The fourth-order valence-corrected chi connectivity index (χ4v) is 3.20. The van der Waals surface area contributed by atoms with Gasteiger partial charge in [0, 0.05) is 35.6 Å². The van der Waals surface area contributed by atoms with Crippen LogP contribution in [0.3, 0.4) is 0 Å². The van der Waals surface area contributed by atoms with Crippen LogP contribution in [0.5, 0.6) is 0 Å². The lowest BCUT2D eigenvalue weighted by molar-refractivity contribution is -0.111. The van der Waals surface area contributed by atoms with E-state index in [2.05, 4.69) is 46.9 Å². The van der Waals surface area contributed by atoms with Crippen molar-refractivity contribution in [2.45, 2.75) is 27.3 Å². The minimum atomic E-state index is -0.269. The van der Waals surface area contributed by atoms with E-state index in [0.717, 1.165) is 17.0 Å². The Bertz CT molecular complexity index is 1090. The highest BCUT2D eigenvalue weighted by Gasteiger charge is 2.10. The molecule has 0 bridgehead atoms. The number of rotatable bonds is 6. The average Bonchev–Trinajstić information content (AvgIpc) is 3.00. The van der Waals surface area contributed by atoms with Gasteiger partial charge in [0.2, 0.25) is 5.91 Å². The number of hydrogen-bond acceptors (Lipinski definition) is 3. The molecule has 6 heteroatoms. The maximum absolute atomic E-state index is 12.4. The number of carbonyl (C=O) groups excluding carboxylic acids is 2. The van der Waals surface area contributed by atoms with Crippen LogP contribution in [0.15, 0.2) is 54.6 Å². The molecule has 2 aromatic carbocycles. The van der Waals surface area contributed by atoms with Gasteiger partial charge in [0.05, 0.1) is 12.2 Å². The second-order valence-electron chi connectivity index (χ2n) is 7.21. The van der Waals surface area contributed by atoms with Crippen molar-refractivity contribution in [3.63, 3.8) is 0 Å². The normalized spacial score (nSPS) is 10.9. The monoisotopic (exact) mass is 402 g/mol. The zero-order chi connectivity index (χ0) is 21.7. The molecule has 0 saturated heterocycles. The minimum absolute atomic E-state index is 0.200. The largest absolute Gasteiger partial charge is 0.355 e. The number of aryl methyl sites for hydroxylation is 2. The summed E-state index contributed by atoms with van der Waals surface area (Å²) in [7, 11) is 1.57. The van der Waals surface area contributed by atoms with Gasteiger partial charge in [-0.25, -0.2) is 0 Å². The van der Waals surface area contributed by atoms with Crippen molar-refractivity contribution in [1.29, 1.82) is 0 Å². The third-order valence-corrected chi connectivity index (χ3v) is 4.91. The van der Waals surface area contributed by atoms with Crippen LogP contribution in [0.2, 0.25) is 0 Å². The number of anilines is 1. The van der Waals surface area contributed by atoms with Gasteiger partial charge < -0.3 is 10.6 Å². The quantitative estimate of drug-likeness (QED) is 0.615. The lowest BCUT2D eigenvalue weighted by atomic mass is 10.1. The minimum Gasteiger partial charge on any atom is -0.355 e. The number of hydrogen-bond donors (Lipinski definition) is 2. The summed E-state index contributed by atoms with van der Waals surface area (Å²) in [5.41, 5.74) is 6.25. The number of benzene rings is 2. The highest BCUT2D eigenvalue weighted by molar-refractivity contribution is 6.03. The van der Waals surface area contributed by atoms with Crippen LogP contribution in [0.25, 0.3) is 6.08 Å². The van der Waals surface area contributed by atoms with Crippen LogP contribution in [-0.2, 0) is 11.3 Å². The van der Waals surface area contributed by atoms with Gasteiger partial charge in [-0.05, 0) is 50.6 Å². The Balaban J connectivity index is 1.71. The summed E-state index contributed by atoms with van der Waals surface area (Å²) in [6.45, 7) is 6.68. The van der Waals surface area contributed by atoms with Gasteiger partial charge in [0.1, 0.15) is 0 Å². The molecular weight excluding hydrogens is 376 g/mol. The van der Waals surface area contributed by atoms with Gasteiger partial charge in [0.15, 0.2) is 0 Å². The van der Waals surface area contributed by atoms with Crippen LogP contribution >= 0.6 is 0 Å². The van der Waals surface area contributed by atoms with Crippen molar-refractivity contribution in [2.75, 3.05) is 12.4 Å². The summed E-state index contributed by atoms with van der Waals surface area (Å²) in [6, 6.07) is 15.2. The van der Waals surface area contributed by atoms with E-state index in [1.54, 1.807) is 37.4 Å². The molecule has 1 heterocycles. The molecule has 1 aromatic heterocycles. The van der Waals surface area contributed by atoms with Crippen LogP contribution in [-0.4, -0.2) is 28.6 Å². The third-order valence-electron chi connectivity index (χ3n) is 4.91. The molecule has 0 aliphatic carbocycles. The Kier molecular flexibility index (Phi) is 6.47. The molecule has 30 heavy (non-hydrogen) atoms. The third kappa shape index (κ3) is 5.03. The van der Waals surface area contributed by atoms with E-state index < -0.39 is 0 Å². The SMILES string of the molecule is CNC(=O)c1cccc(NC(=O)/C=C/c2c(C)nn(Cc3ccc(C)cc3)c2C)c1. The highest BCUT2D eigenvalue weighted by atomic mass is 16.2. The van der Waals surface area contributed by atoms with Gasteiger partial charge in [-0.3, -0.25) is 14.3 Å². The molecule has 0 unspecified atom stereocenters. The standard InChI is InChI=1S/C24H26N4O2/c1-16-8-10-19(11-9-16)15-28-18(3)22(17(2)27-28)12-13-23(29)26-21-7-5-6-20(14-21)24(30)25-4/h5-14H,15H2,1-4H3,(H,25,30)(H,26,29)/b13-12+. The van der Waals surface area contributed by atoms with Crippen LogP contribution in [0.4, 0.5) is 5.69 Å². The topological polar surface area (TPSA) is 76.0 Å². The van der Waals surface area contributed by atoms with Crippen molar-refractivity contribution >= 4 is 23.6 Å². The molecule has 2 amide bonds. The molecule has 0 atom stereocenters. The summed E-state index contributed by atoms with van der Waals surface area (Å²) in [5.74, 6) is -0.469. The first kappa shape index (κ1) is 21.0. The van der Waals surface area contributed by atoms with Crippen molar-refractivity contribution in [3.05, 3.63) is 88.2 Å². The van der Waals surface area contributed by atoms with Gasteiger partial charge in [-0.1, -0.05) is 35.9 Å². The Labute approximate surface area is 176 Å². The fourth-order valence-electron chi connectivity index (χ4n) is 3.20. The second-order valence-corrected chi connectivity index (χ2v) is 7.21. The second kappa shape index (κ2) is 9.22. The van der Waals surface area contributed by atoms with Crippen molar-refractivity contribution in [2.24, 2.45) is 0 Å². The lowest BCUT2D eigenvalue weighted by Gasteiger charge is -2.06. The molecule has 3 rings (SSSR count). The lowest BCUT2D eigenvalue weighted by Crippen LogP contribution is -2.18. The zero-order valence-corrected chi connectivity index (χ0v) is 17.7. The van der Waals surface area contributed by atoms with E-state index in [1.165, 1.54) is 17.2 Å². The molecule has 0 saturated carbocycles. The average molecular weight is 402 g/mol. The molecule has 0 spiro atoms. The first-order valence-electron chi connectivity index (χ1n) is 9.78. The fraction of sp³-hybridized carbons (Fsp3) is 0.208. The Hall–Kier alpha value is -3.67. The van der Waals surface area contributed by atoms with E-state index in [4.69, 9.17) is 0 Å². The Morgan fingerprint density at radius 3 is 2.50 bits per heavy atom. The number of nitrogens with zero attached hydrogens (tertiary/aromatic N) is 2. The van der Waals surface area contributed by atoms with E-state index in [0.29, 0.717) is 17.8 Å². The van der Waals surface area contributed by atoms with Crippen molar-refractivity contribution in [1.82, 2.24) is 15.1 Å². The summed E-state index contributed by atoms with van der Waals surface area (Å²) < 4.78 is 1.95.